The number of rotatable bonds is 5. The summed E-state index contributed by atoms with van der Waals surface area (Å²) in [5.74, 6) is 0.590. The van der Waals surface area contributed by atoms with Crippen molar-refractivity contribution in [3.05, 3.63) is 42.2 Å². The van der Waals surface area contributed by atoms with E-state index in [-0.39, 0.29) is 11.7 Å². The maximum Gasteiger partial charge on any atom is 0.230 e. The molecule has 0 bridgehead atoms. The number of carbonyl (C=O) groups excluding carboxylic acids is 1. The molecular formula is C18H18FN5OS. The monoisotopic (exact) mass is 371 g/mol. The number of carbonyl (C=O) groups is 1. The maximum absolute atomic E-state index is 13.1. The lowest BCUT2D eigenvalue weighted by Gasteiger charge is -2.11. The van der Waals surface area contributed by atoms with Gasteiger partial charge in [0.2, 0.25) is 5.91 Å². The average molecular weight is 371 g/mol. The molecule has 0 radical (unpaired) electrons. The number of hydrogen-bond acceptors (Lipinski definition) is 5. The summed E-state index contributed by atoms with van der Waals surface area (Å²) in [6.45, 7) is 0. The van der Waals surface area contributed by atoms with Crippen LogP contribution >= 0.6 is 11.8 Å². The molecule has 1 saturated carbocycles. The molecule has 0 saturated heterocycles. The van der Waals surface area contributed by atoms with E-state index in [0.29, 0.717) is 28.3 Å². The number of fused-ring (bicyclic) bond motifs is 1. The van der Waals surface area contributed by atoms with Crippen LogP contribution in [0.4, 0.5) is 4.39 Å². The molecule has 0 atom stereocenters. The highest BCUT2D eigenvalue weighted by Gasteiger charge is 2.17. The van der Waals surface area contributed by atoms with Crippen molar-refractivity contribution in [1.82, 2.24) is 25.1 Å². The van der Waals surface area contributed by atoms with E-state index in [9.17, 15) is 9.18 Å². The van der Waals surface area contributed by atoms with Crippen LogP contribution in [0.2, 0.25) is 0 Å². The Morgan fingerprint density at radius 3 is 2.69 bits per heavy atom. The molecule has 6 nitrogen and oxygen atoms in total. The smallest absolute Gasteiger partial charge is 0.230 e. The fourth-order valence-corrected chi connectivity index (χ4v) is 3.77. The van der Waals surface area contributed by atoms with Gasteiger partial charge >= 0.3 is 0 Å². The van der Waals surface area contributed by atoms with Crippen LogP contribution in [0.25, 0.3) is 17.0 Å². The Morgan fingerprint density at radius 1 is 1.15 bits per heavy atom. The van der Waals surface area contributed by atoms with E-state index in [2.05, 4.69) is 20.6 Å². The zero-order chi connectivity index (χ0) is 17.9. The standard InChI is InChI=1S/C18H18FN5OS/c19-13-7-5-12(6-8-13)18-22-21-15-9-10-17(23-24(15)18)26-11-16(25)20-14-3-1-2-4-14/h5-10,14H,1-4,11H2,(H,20,25). The first-order valence-corrected chi connectivity index (χ1v) is 9.58. The van der Waals surface area contributed by atoms with Crippen molar-refractivity contribution in [3.8, 4) is 11.4 Å². The Balaban J connectivity index is 1.48. The number of thioether (sulfide) groups is 1. The Morgan fingerprint density at radius 2 is 1.92 bits per heavy atom. The second kappa shape index (κ2) is 7.41. The molecule has 0 aliphatic heterocycles. The molecule has 2 aromatic heterocycles. The van der Waals surface area contributed by atoms with Gasteiger partial charge < -0.3 is 5.32 Å². The summed E-state index contributed by atoms with van der Waals surface area (Å²) in [4.78, 5) is 12.1. The van der Waals surface area contributed by atoms with Gasteiger partial charge in [0.1, 0.15) is 10.8 Å². The molecule has 3 aromatic rings. The van der Waals surface area contributed by atoms with Crippen LogP contribution in [0.3, 0.4) is 0 Å². The Labute approximate surface area is 154 Å². The summed E-state index contributed by atoms with van der Waals surface area (Å²) in [7, 11) is 0. The van der Waals surface area contributed by atoms with Gasteiger partial charge in [0.15, 0.2) is 11.5 Å². The van der Waals surface area contributed by atoms with Gasteiger partial charge in [-0.05, 0) is 49.2 Å². The third-order valence-electron chi connectivity index (χ3n) is 4.41. The van der Waals surface area contributed by atoms with Crippen LogP contribution in [0.15, 0.2) is 41.4 Å². The lowest BCUT2D eigenvalue weighted by Crippen LogP contribution is -2.33. The van der Waals surface area contributed by atoms with E-state index >= 15 is 0 Å². The van der Waals surface area contributed by atoms with Gasteiger partial charge in [-0.1, -0.05) is 24.6 Å². The van der Waals surface area contributed by atoms with Gasteiger partial charge in [0.25, 0.3) is 0 Å². The van der Waals surface area contributed by atoms with Gasteiger partial charge in [0, 0.05) is 11.6 Å². The number of benzene rings is 1. The van der Waals surface area contributed by atoms with Crippen LogP contribution in [-0.4, -0.2) is 37.5 Å². The molecule has 1 amide bonds. The quantitative estimate of drug-likeness (QED) is 0.698. The van der Waals surface area contributed by atoms with Crippen LogP contribution in [0.5, 0.6) is 0 Å². The van der Waals surface area contributed by atoms with Crippen LogP contribution < -0.4 is 5.32 Å². The molecule has 1 aliphatic carbocycles. The second-order valence-electron chi connectivity index (χ2n) is 6.31. The number of aromatic nitrogens is 4. The Hall–Kier alpha value is -2.48. The number of nitrogens with zero attached hydrogens (tertiary/aromatic N) is 4. The van der Waals surface area contributed by atoms with Crippen molar-refractivity contribution in [1.29, 1.82) is 0 Å². The summed E-state index contributed by atoms with van der Waals surface area (Å²) >= 11 is 1.38. The maximum atomic E-state index is 13.1. The summed E-state index contributed by atoms with van der Waals surface area (Å²) in [6, 6.07) is 9.99. The molecular weight excluding hydrogens is 353 g/mol. The zero-order valence-electron chi connectivity index (χ0n) is 14.1. The molecule has 8 heteroatoms. The first-order valence-electron chi connectivity index (χ1n) is 8.59. The fraction of sp³-hybridized carbons (Fsp3) is 0.333. The molecule has 4 rings (SSSR count). The molecule has 1 aromatic carbocycles. The minimum Gasteiger partial charge on any atom is -0.353 e. The average Bonchev–Trinajstić information content (AvgIpc) is 3.30. The molecule has 2 heterocycles. The van der Waals surface area contributed by atoms with Gasteiger partial charge in [-0.25, -0.2) is 4.39 Å². The molecule has 1 aliphatic rings. The van der Waals surface area contributed by atoms with Gasteiger partial charge in [-0.2, -0.15) is 9.61 Å². The van der Waals surface area contributed by atoms with E-state index < -0.39 is 0 Å². The molecule has 1 fully saturated rings. The van der Waals surface area contributed by atoms with Gasteiger partial charge in [-0.3, -0.25) is 4.79 Å². The lowest BCUT2D eigenvalue weighted by atomic mass is 10.2. The summed E-state index contributed by atoms with van der Waals surface area (Å²) in [5.41, 5.74) is 1.33. The van der Waals surface area contributed by atoms with E-state index in [4.69, 9.17) is 0 Å². The summed E-state index contributed by atoms with van der Waals surface area (Å²) in [6.07, 6.45) is 4.52. The first kappa shape index (κ1) is 17.0. The topological polar surface area (TPSA) is 72.2 Å². The minimum absolute atomic E-state index is 0.0336. The molecule has 1 N–H and O–H groups in total. The van der Waals surface area contributed by atoms with Crippen molar-refractivity contribution in [3.63, 3.8) is 0 Å². The fourth-order valence-electron chi connectivity index (χ4n) is 3.11. The van der Waals surface area contributed by atoms with E-state index in [0.717, 1.165) is 18.4 Å². The second-order valence-corrected chi connectivity index (χ2v) is 7.31. The molecule has 0 spiro atoms. The van der Waals surface area contributed by atoms with Crippen LogP contribution in [-0.2, 0) is 4.79 Å². The molecule has 134 valence electrons. The zero-order valence-corrected chi connectivity index (χ0v) is 14.9. The predicted octanol–water partition coefficient (Wildman–Crippen LogP) is 3.08. The van der Waals surface area contributed by atoms with Gasteiger partial charge in [0.05, 0.1) is 5.75 Å². The highest BCUT2D eigenvalue weighted by molar-refractivity contribution is 7.99. The highest BCUT2D eigenvalue weighted by Crippen LogP contribution is 2.22. The van der Waals surface area contributed by atoms with Crippen molar-refractivity contribution in [2.24, 2.45) is 0 Å². The van der Waals surface area contributed by atoms with Crippen LogP contribution in [0.1, 0.15) is 25.7 Å². The SMILES string of the molecule is O=C(CSc1ccc2nnc(-c3ccc(F)cc3)n2n1)NC1CCCC1. The highest BCUT2D eigenvalue weighted by atomic mass is 32.2. The predicted molar refractivity (Wildman–Crippen MR) is 97.3 cm³/mol. The van der Waals surface area contributed by atoms with E-state index in [1.54, 1.807) is 16.6 Å². The minimum atomic E-state index is -0.306. The Kier molecular flexibility index (Phi) is 4.83. The lowest BCUT2D eigenvalue weighted by molar-refractivity contribution is -0.119. The molecule has 0 unspecified atom stereocenters. The van der Waals surface area contributed by atoms with Crippen molar-refractivity contribution in [2.45, 2.75) is 36.8 Å². The number of halogens is 1. The number of amides is 1. The first-order chi connectivity index (χ1) is 12.7. The largest absolute Gasteiger partial charge is 0.353 e. The summed E-state index contributed by atoms with van der Waals surface area (Å²) < 4.78 is 14.7. The van der Waals surface area contributed by atoms with Gasteiger partial charge in [-0.15, -0.1) is 10.2 Å². The van der Waals surface area contributed by atoms with Crippen molar-refractivity contribution < 1.29 is 9.18 Å². The van der Waals surface area contributed by atoms with E-state index in [1.165, 1.54) is 36.7 Å². The van der Waals surface area contributed by atoms with E-state index in [1.807, 2.05) is 12.1 Å². The summed E-state index contributed by atoms with van der Waals surface area (Å²) in [5, 5.41) is 16.5. The third-order valence-corrected chi connectivity index (χ3v) is 5.33. The van der Waals surface area contributed by atoms with Crippen molar-refractivity contribution in [2.75, 3.05) is 5.75 Å². The normalized spacial score (nSPS) is 14.8. The number of nitrogens with one attached hydrogen (secondary N) is 1. The third kappa shape index (κ3) is 3.70. The van der Waals surface area contributed by atoms with Crippen LogP contribution in [0, 0.1) is 5.82 Å². The Bertz CT molecular complexity index is 921. The molecule has 26 heavy (non-hydrogen) atoms. The van der Waals surface area contributed by atoms with Crippen molar-refractivity contribution >= 4 is 23.3 Å². The number of hydrogen-bond donors (Lipinski definition) is 1.